The summed E-state index contributed by atoms with van der Waals surface area (Å²) in [6, 6.07) is 13.4. The van der Waals surface area contributed by atoms with E-state index in [4.69, 9.17) is 5.73 Å². The molecule has 2 aromatic rings. The number of benzene rings is 2. The number of hydrogen-bond acceptors (Lipinski definition) is 3. The van der Waals surface area contributed by atoms with E-state index in [1.54, 1.807) is 6.07 Å². The van der Waals surface area contributed by atoms with Gasteiger partial charge in [0.25, 0.3) is 0 Å². The second-order valence-electron chi connectivity index (χ2n) is 7.47. The molecule has 0 aromatic heterocycles. The van der Waals surface area contributed by atoms with Crippen LogP contribution in [-0.4, -0.2) is 23.9 Å². The number of halogens is 1. The lowest BCUT2D eigenvalue weighted by atomic mass is 9.97. The third-order valence-corrected chi connectivity index (χ3v) is 5.25. The number of nitrogens with zero attached hydrogens (tertiary/aromatic N) is 1. The molecule has 27 heavy (non-hydrogen) atoms. The fourth-order valence-corrected chi connectivity index (χ4v) is 3.73. The molecule has 1 saturated heterocycles. The van der Waals surface area contributed by atoms with Gasteiger partial charge in [0.15, 0.2) is 0 Å². The van der Waals surface area contributed by atoms with Crippen LogP contribution in [0.3, 0.4) is 0 Å². The number of nitrogens with two attached hydrogens (primary N) is 1. The number of piperidine rings is 1. The smallest absolute Gasteiger partial charge is 0.221 e. The van der Waals surface area contributed by atoms with Crippen LogP contribution in [0.5, 0.6) is 0 Å². The molecule has 4 nitrogen and oxygen atoms in total. The molecule has 0 spiro atoms. The van der Waals surface area contributed by atoms with Crippen molar-refractivity contribution in [1.82, 2.24) is 10.2 Å². The Morgan fingerprint density at radius 3 is 2.81 bits per heavy atom. The summed E-state index contributed by atoms with van der Waals surface area (Å²) in [6.45, 7) is 6.00. The Morgan fingerprint density at radius 1 is 1.22 bits per heavy atom. The van der Waals surface area contributed by atoms with Crippen molar-refractivity contribution >= 4 is 5.91 Å². The molecule has 2 aromatic carbocycles. The summed E-state index contributed by atoms with van der Waals surface area (Å²) in [7, 11) is 0. The van der Waals surface area contributed by atoms with E-state index < -0.39 is 0 Å². The van der Waals surface area contributed by atoms with E-state index in [9.17, 15) is 9.18 Å². The van der Waals surface area contributed by atoms with Gasteiger partial charge in [0, 0.05) is 26.2 Å². The molecular formula is C22H28FN3O. The van der Waals surface area contributed by atoms with E-state index in [1.807, 2.05) is 13.0 Å². The molecule has 0 radical (unpaired) electrons. The van der Waals surface area contributed by atoms with Crippen molar-refractivity contribution in [1.29, 1.82) is 0 Å². The van der Waals surface area contributed by atoms with Crippen LogP contribution < -0.4 is 11.1 Å². The Bertz CT molecular complexity index is 793. The summed E-state index contributed by atoms with van der Waals surface area (Å²) in [5.74, 6) is -0.406. The number of rotatable bonds is 7. The van der Waals surface area contributed by atoms with Gasteiger partial charge in [0.1, 0.15) is 5.82 Å². The molecule has 1 heterocycles. The number of likely N-dealkylation sites (tertiary alicyclic amines) is 1. The van der Waals surface area contributed by atoms with Crippen molar-refractivity contribution < 1.29 is 9.18 Å². The molecule has 1 aliphatic heterocycles. The first-order valence-electron chi connectivity index (χ1n) is 9.56. The predicted molar refractivity (Wildman–Crippen MR) is 105 cm³/mol. The lowest BCUT2D eigenvalue weighted by molar-refractivity contribution is -0.123. The summed E-state index contributed by atoms with van der Waals surface area (Å²) < 4.78 is 13.2. The Morgan fingerprint density at radius 2 is 2.04 bits per heavy atom. The van der Waals surface area contributed by atoms with Crippen LogP contribution in [0.1, 0.15) is 35.1 Å². The minimum atomic E-state index is -0.194. The molecule has 1 atom stereocenters. The first-order valence-corrected chi connectivity index (χ1v) is 9.56. The highest BCUT2D eigenvalue weighted by atomic mass is 19.1. The zero-order valence-corrected chi connectivity index (χ0v) is 15.9. The van der Waals surface area contributed by atoms with E-state index >= 15 is 0 Å². The summed E-state index contributed by atoms with van der Waals surface area (Å²) in [6.07, 6.45) is 1.92. The second-order valence-corrected chi connectivity index (χ2v) is 7.47. The number of carbonyl (C=O) groups is 1. The molecule has 5 heteroatoms. The Labute approximate surface area is 160 Å². The van der Waals surface area contributed by atoms with Gasteiger partial charge in [-0.15, -0.1) is 0 Å². The SMILES string of the molecule is Cc1cc(F)ccc1CNCc1cccc(CN2CCCC(C(N)=O)C2)c1. The van der Waals surface area contributed by atoms with Gasteiger partial charge in [0.05, 0.1) is 5.92 Å². The van der Waals surface area contributed by atoms with Gasteiger partial charge < -0.3 is 11.1 Å². The van der Waals surface area contributed by atoms with Gasteiger partial charge in [-0.25, -0.2) is 4.39 Å². The maximum absolute atomic E-state index is 13.2. The minimum absolute atomic E-state index is 0.0254. The van der Waals surface area contributed by atoms with E-state index in [0.29, 0.717) is 6.54 Å². The van der Waals surface area contributed by atoms with Crippen molar-refractivity contribution in [2.45, 2.75) is 39.4 Å². The van der Waals surface area contributed by atoms with E-state index in [1.165, 1.54) is 17.2 Å². The summed E-state index contributed by atoms with van der Waals surface area (Å²) in [5, 5.41) is 3.43. The lowest BCUT2D eigenvalue weighted by Crippen LogP contribution is -2.40. The van der Waals surface area contributed by atoms with Crippen LogP contribution >= 0.6 is 0 Å². The third kappa shape index (κ3) is 5.62. The van der Waals surface area contributed by atoms with Gasteiger partial charge in [-0.05, 0) is 60.7 Å². The molecule has 1 aliphatic rings. The average molecular weight is 369 g/mol. The standard InChI is InChI=1S/C22H28FN3O/c1-16-10-21(23)8-7-19(16)13-25-12-17-4-2-5-18(11-17)14-26-9-3-6-20(15-26)22(24)27/h2,4-5,7-8,10-11,20,25H,3,6,9,12-15H2,1H3,(H2,24,27). The van der Waals surface area contributed by atoms with Crippen molar-refractivity contribution in [2.75, 3.05) is 13.1 Å². The number of nitrogens with one attached hydrogen (secondary N) is 1. The van der Waals surface area contributed by atoms with Crippen molar-refractivity contribution in [2.24, 2.45) is 11.7 Å². The molecule has 144 valence electrons. The second kappa shape index (κ2) is 9.11. The molecule has 0 aliphatic carbocycles. The van der Waals surface area contributed by atoms with Crippen LogP contribution in [0.4, 0.5) is 4.39 Å². The van der Waals surface area contributed by atoms with Crippen LogP contribution in [-0.2, 0) is 24.4 Å². The van der Waals surface area contributed by atoms with Crippen LogP contribution in [0, 0.1) is 18.7 Å². The Hall–Kier alpha value is -2.24. The topological polar surface area (TPSA) is 58.4 Å². The largest absolute Gasteiger partial charge is 0.369 e. The Kier molecular flexibility index (Phi) is 6.58. The highest BCUT2D eigenvalue weighted by Crippen LogP contribution is 2.19. The molecule has 1 fully saturated rings. The highest BCUT2D eigenvalue weighted by Gasteiger charge is 2.23. The van der Waals surface area contributed by atoms with Gasteiger partial charge in [-0.1, -0.05) is 30.3 Å². The first kappa shape index (κ1) is 19.5. The maximum Gasteiger partial charge on any atom is 0.221 e. The summed E-state index contributed by atoms with van der Waals surface area (Å²) in [5.41, 5.74) is 10.0. The molecule has 1 unspecified atom stereocenters. The monoisotopic (exact) mass is 369 g/mol. The fourth-order valence-electron chi connectivity index (χ4n) is 3.73. The van der Waals surface area contributed by atoms with Crippen LogP contribution in [0.15, 0.2) is 42.5 Å². The molecular weight excluding hydrogens is 341 g/mol. The van der Waals surface area contributed by atoms with Crippen LogP contribution in [0.25, 0.3) is 0 Å². The minimum Gasteiger partial charge on any atom is -0.369 e. The van der Waals surface area contributed by atoms with E-state index in [0.717, 1.165) is 50.1 Å². The van der Waals surface area contributed by atoms with Crippen LogP contribution in [0.2, 0.25) is 0 Å². The lowest BCUT2D eigenvalue weighted by Gasteiger charge is -2.31. The highest BCUT2D eigenvalue weighted by molar-refractivity contribution is 5.76. The molecule has 0 saturated carbocycles. The number of hydrogen-bond donors (Lipinski definition) is 2. The zero-order valence-electron chi connectivity index (χ0n) is 15.9. The normalized spacial score (nSPS) is 17.8. The number of aryl methyl sites for hydroxylation is 1. The number of amides is 1. The first-order chi connectivity index (χ1) is 13.0. The van der Waals surface area contributed by atoms with Gasteiger partial charge in [-0.2, -0.15) is 0 Å². The quantitative estimate of drug-likeness (QED) is 0.788. The third-order valence-electron chi connectivity index (χ3n) is 5.25. The van der Waals surface area contributed by atoms with Gasteiger partial charge in [-0.3, -0.25) is 9.69 Å². The molecule has 0 bridgehead atoms. The van der Waals surface area contributed by atoms with Crippen molar-refractivity contribution in [3.05, 3.63) is 70.5 Å². The summed E-state index contributed by atoms with van der Waals surface area (Å²) >= 11 is 0. The average Bonchev–Trinajstić information content (AvgIpc) is 2.64. The fraction of sp³-hybridized carbons (Fsp3) is 0.409. The maximum atomic E-state index is 13.2. The molecule has 3 N–H and O–H groups in total. The summed E-state index contributed by atoms with van der Waals surface area (Å²) in [4.78, 5) is 13.8. The van der Waals surface area contributed by atoms with E-state index in [2.05, 4.69) is 34.5 Å². The molecule has 1 amide bonds. The number of carbonyl (C=O) groups excluding carboxylic acids is 1. The number of primary amides is 1. The molecule has 3 rings (SSSR count). The van der Waals surface area contributed by atoms with E-state index in [-0.39, 0.29) is 17.6 Å². The van der Waals surface area contributed by atoms with Gasteiger partial charge >= 0.3 is 0 Å². The van der Waals surface area contributed by atoms with Crippen molar-refractivity contribution in [3.8, 4) is 0 Å². The zero-order chi connectivity index (χ0) is 19.2. The Balaban J connectivity index is 1.53. The van der Waals surface area contributed by atoms with Crippen molar-refractivity contribution in [3.63, 3.8) is 0 Å². The van der Waals surface area contributed by atoms with Gasteiger partial charge in [0.2, 0.25) is 5.91 Å². The predicted octanol–water partition coefficient (Wildman–Crippen LogP) is 3.12.